The van der Waals surface area contributed by atoms with Gasteiger partial charge in [-0.25, -0.2) is 0 Å². The van der Waals surface area contributed by atoms with Crippen molar-refractivity contribution in [1.29, 1.82) is 0 Å². The Morgan fingerprint density at radius 1 is 1.24 bits per heavy atom. The molecular formula is C27H44O2. The SMILES string of the molecule is [3H]C([3H])(CC(C)C)C([3H])([3H])[C@@H](C)[C@H]1CC[C@H]2/C(=C/C=C3/C[C@@H](O)C[C@H](O)C3=C)CCC[C@]12C. The van der Waals surface area contributed by atoms with Gasteiger partial charge in [0.25, 0.3) is 0 Å². The van der Waals surface area contributed by atoms with Crippen molar-refractivity contribution in [2.45, 2.75) is 104 Å². The Morgan fingerprint density at radius 2 is 2.00 bits per heavy atom. The molecule has 0 aromatic heterocycles. The summed E-state index contributed by atoms with van der Waals surface area (Å²) in [7, 11) is 0. The molecule has 0 unspecified atom stereocenters. The van der Waals surface area contributed by atoms with Crippen molar-refractivity contribution in [3.8, 4) is 0 Å². The fourth-order valence-electron chi connectivity index (χ4n) is 6.09. The zero-order valence-corrected chi connectivity index (χ0v) is 18.9. The first-order chi connectivity index (χ1) is 15.2. The summed E-state index contributed by atoms with van der Waals surface area (Å²) in [6, 6.07) is 0. The van der Waals surface area contributed by atoms with Crippen LogP contribution >= 0.6 is 0 Å². The van der Waals surface area contributed by atoms with E-state index in [4.69, 9.17) is 5.48 Å². The standard InChI is InChI=1S/C27H44O2/c1-18(2)8-6-9-19(3)24-13-14-25-21(10-7-15-27(24,25)5)11-12-22-16-23(28)17-26(29)20(22)4/h11-12,18-19,23-26,28-29H,4,6-10,13-17H2,1-3,5H3/b21-11+,22-12-/t19-,23-,24-,25+,26+,27-/m1/s1/i6T2,9T2. The largest absolute Gasteiger partial charge is 0.393 e. The third kappa shape index (κ3) is 5.07. The van der Waals surface area contributed by atoms with Gasteiger partial charge in [-0.2, -0.15) is 0 Å². The lowest BCUT2D eigenvalue weighted by Gasteiger charge is -2.44. The summed E-state index contributed by atoms with van der Waals surface area (Å²) in [5.74, 6) is 0.263. The van der Waals surface area contributed by atoms with Crippen LogP contribution in [-0.2, 0) is 0 Å². The lowest BCUT2D eigenvalue weighted by molar-refractivity contribution is 0.0861. The van der Waals surface area contributed by atoms with Crippen molar-refractivity contribution in [1.82, 2.24) is 0 Å². The van der Waals surface area contributed by atoms with Gasteiger partial charge in [-0.15, -0.1) is 0 Å². The molecule has 0 saturated heterocycles. The van der Waals surface area contributed by atoms with Crippen LogP contribution in [0.5, 0.6) is 0 Å². The molecule has 0 aromatic carbocycles. The van der Waals surface area contributed by atoms with Gasteiger partial charge in [-0.1, -0.05) is 71.2 Å². The van der Waals surface area contributed by atoms with E-state index in [0.717, 1.165) is 37.7 Å². The van der Waals surface area contributed by atoms with Gasteiger partial charge in [0.2, 0.25) is 0 Å². The predicted molar refractivity (Wildman–Crippen MR) is 123 cm³/mol. The summed E-state index contributed by atoms with van der Waals surface area (Å²) in [5.41, 5.74) is 2.96. The van der Waals surface area contributed by atoms with Crippen LogP contribution in [0.4, 0.5) is 0 Å². The molecule has 2 nitrogen and oxygen atoms in total. The van der Waals surface area contributed by atoms with Crippen molar-refractivity contribution >= 4 is 0 Å². The minimum Gasteiger partial charge on any atom is -0.393 e. The number of fused-ring (bicyclic) bond motifs is 1. The Kier molecular flexibility index (Phi) is 5.84. The Labute approximate surface area is 184 Å². The van der Waals surface area contributed by atoms with Gasteiger partial charge in [-0.3, -0.25) is 0 Å². The van der Waals surface area contributed by atoms with Gasteiger partial charge in [0, 0.05) is 11.9 Å². The maximum atomic E-state index is 10.2. The minimum atomic E-state index is -1.88. The van der Waals surface area contributed by atoms with Crippen LogP contribution in [0.2, 0.25) is 0 Å². The van der Waals surface area contributed by atoms with Gasteiger partial charge in [-0.05, 0) is 78.8 Å². The molecule has 3 saturated carbocycles. The summed E-state index contributed by atoms with van der Waals surface area (Å²) in [4.78, 5) is 0. The number of hydrogen-bond donors (Lipinski definition) is 2. The predicted octanol–water partition coefficient (Wildman–Crippen LogP) is 6.59. The van der Waals surface area contributed by atoms with E-state index in [2.05, 4.69) is 19.6 Å². The lowest BCUT2D eigenvalue weighted by Crippen LogP contribution is -2.36. The van der Waals surface area contributed by atoms with E-state index in [0.29, 0.717) is 24.3 Å². The summed E-state index contributed by atoms with van der Waals surface area (Å²) >= 11 is 0. The first-order valence-electron chi connectivity index (χ1n) is 13.7. The maximum absolute atomic E-state index is 10.2. The van der Waals surface area contributed by atoms with Gasteiger partial charge in [0.15, 0.2) is 0 Å². The van der Waals surface area contributed by atoms with E-state index in [-0.39, 0.29) is 29.6 Å². The molecule has 164 valence electrons. The molecule has 2 N–H and O–H groups in total. The van der Waals surface area contributed by atoms with Crippen LogP contribution in [0.1, 0.15) is 97.3 Å². The van der Waals surface area contributed by atoms with E-state index in [9.17, 15) is 10.2 Å². The number of hydrogen-bond acceptors (Lipinski definition) is 2. The van der Waals surface area contributed by atoms with Crippen molar-refractivity contribution in [2.24, 2.45) is 29.1 Å². The minimum absolute atomic E-state index is 0.0358. The van der Waals surface area contributed by atoms with E-state index < -0.39 is 25.0 Å². The molecule has 0 spiro atoms. The third-order valence-corrected chi connectivity index (χ3v) is 7.75. The molecule has 0 amide bonds. The number of allylic oxidation sites excluding steroid dienone is 3. The fourth-order valence-corrected chi connectivity index (χ4v) is 6.09. The number of aliphatic hydroxyl groups is 2. The molecule has 2 heteroatoms. The summed E-state index contributed by atoms with van der Waals surface area (Å²) in [5, 5.41) is 20.2. The molecule has 3 aliphatic carbocycles. The van der Waals surface area contributed by atoms with Crippen molar-refractivity contribution in [2.75, 3.05) is 0 Å². The van der Waals surface area contributed by atoms with Crippen LogP contribution in [0, 0.1) is 29.1 Å². The quantitative estimate of drug-likeness (QED) is 0.520. The summed E-state index contributed by atoms with van der Waals surface area (Å²) in [6.45, 7) is 12.2. The maximum Gasteiger partial charge on any atom is 0.0811 e. The average molecular weight is 409 g/mol. The summed E-state index contributed by atoms with van der Waals surface area (Å²) < 4.78 is 34.7. The molecule has 6 atom stereocenters. The first kappa shape index (κ1) is 17.8. The molecule has 0 aromatic rings. The number of rotatable bonds is 6. The van der Waals surface area contributed by atoms with Crippen molar-refractivity contribution in [3.63, 3.8) is 0 Å². The smallest absolute Gasteiger partial charge is 0.0811 e. The molecular weight excluding hydrogens is 356 g/mol. The molecule has 0 heterocycles. The molecule has 29 heavy (non-hydrogen) atoms. The van der Waals surface area contributed by atoms with E-state index in [1.165, 1.54) is 5.57 Å². The second kappa shape index (κ2) is 9.52. The molecule has 3 fully saturated rings. The Balaban J connectivity index is 1.84. The van der Waals surface area contributed by atoms with E-state index >= 15 is 0 Å². The normalized spacial score (nSPS) is 42.4. The zero-order chi connectivity index (χ0) is 24.8. The van der Waals surface area contributed by atoms with E-state index in [1.54, 1.807) is 0 Å². The second-order valence-corrected chi connectivity index (χ2v) is 10.4. The first-order valence-corrected chi connectivity index (χ1v) is 11.7. The van der Waals surface area contributed by atoms with Gasteiger partial charge in [0.1, 0.15) is 0 Å². The highest BCUT2D eigenvalue weighted by Crippen LogP contribution is 2.59. The number of aliphatic hydroxyl groups excluding tert-OH is 2. The van der Waals surface area contributed by atoms with E-state index in [1.807, 2.05) is 26.8 Å². The topological polar surface area (TPSA) is 40.5 Å². The second-order valence-electron chi connectivity index (χ2n) is 10.4. The Bertz CT molecular complexity index is 800. The molecule has 3 rings (SSSR count). The lowest BCUT2D eigenvalue weighted by atomic mass is 9.60. The monoisotopic (exact) mass is 408 g/mol. The highest BCUT2D eigenvalue weighted by Gasteiger charge is 2.50. The van der Waals surface area contributed by atoms with Crippen LogP contribution < -0.4 is 0 Å². The highest BCUT2D eigenvalue weighted by atomic mass is 16.3. The van der Waals surface area contributed by atoms with Crippen LogP contribution in [0.3, 0.4) is 0 Å². The van der Waals surface area contributed by atoms with Crippen LogP contribution in [0.15, 0.2) is 35.5 Å². The van der Waals surface area contributed by atoms with Crippen LogP contribution in [0.25, 0.3) is 0 Å². The third-order valence-electron chi connectivity index (χ3n) is 7.75. The summed E-state index contributed by atoms with van der Waals surface area (Å²) in [6.07, 6.45) is 5.42. The zero-order valence-electron chi connectivity index (χ0n) is 22.9. The average Bonchev–Trinajstić information content (AvgIpc) is 3.05. The fraction of sp³-hybridized carbons (Fsp3) is 0.778. The highest BCUT2D eigenvalue weighted by molar-refractivity contribution is 5.38. The molecule has 0 radical (unpaired) electrons. The molecule has 0 aliphatic heterocycles. The van der Waals surface area contributed by atoms with Gasteiger partial charge in [0.05, 0.1) is 12.2 Å². The Morgan fingerprint density at radius 3 is 2.72 bits per heavy atom. The molecule has 0 bridgehead atoms. The van der Waals surface area contributed by atoms with Crippen molar-refractivity contribution < 1.29 is 15.7 Å². The van der Waals surface area contributed by atoms with Crippen LogP contribution in [-0.4, -0.2) is 22.4 Å². The van der Waals surface area contributed by atoms with Gasteiger partial charge >= 0.3 is 0 Å². The molecule has 3 aliphatic rings. The Hall–Kier alpha value is -0.860. The van der Waals surface area contributed by atoms with Gasteiger partial charge < -0.3 is 10.2 Å². The van der Waals surface area contributed by atoms with Crippen molar-refractivity contribution in [3.05, 3.63) is 35.5 Å².